The van der Waals surface area contributed by atoms with E-state index in [1.54, 1.807) is 0 Å². The number of aryl methyl sites for hydroxylation is 1. The monoisotopic (exact) mass is 254 g/mol. The Bertz CT molecular complexity index is 544. The molecule has 0 saturated heterocycles. The Morgan fingerprint density at radius 3 is 2.16 bits per heavy atom. The Hall–Kier alpha value is -1.96. The Balaban J connectivity index is 2.38. The topological polar surface area (TPSA) is 52.0 Å². The number of hydrogen-bond acceptors (Lipinski definition) is 2. The smallest absolute Gasteiger partial charge is 0.0343 e. The average Bonchev–Trinajstić information content (AvgIpc) is 2.41. The summed E-state index contributed by atoms with van der Waals surface area (Å²) < 4.78 is 0. The summed E-state index contributed by atoms with van der Waals surface area (Å²) in [5, 5.41) is 0. The van der Waals surface area contributed by atoms with Crippen molar-refractivity contribution in [2.24, 2.45) is 0 Å². The summed E-state index contributed by atoms with van der Waals surface area (Å²) in [5.74, 6) is 0.421. The van der Waals surface area contributed by atoms with Crippen molar-refractivity contribution in [1.29, 1.82) is 0 Å². The summed E-state index contributed by atoms with van der Waals surface area (Å²) >= 11 is 0. The molecule has 2 aromatic carbocycles. The highest BCUT2D eigenvalue weighted by Gasteiger charge is 2.13. The number of benzene rings is 2. The van der Waals surface area contributed by atoms with Crippen LogP contribution in [0, 0.1) is 6.92 Å². The maximum atomic E-state index is 5.90. The van der Waals surface area contributed by atoms with Crippen LogP contribution in [-0.2, 0) is 0 Å². The fraction of sp³-hybridized carbons (Fsp3) is 0.294. The molecule has 1 atom stereocenters. The van der Waals surface area contributed by atoms with E-state index in [0.29, 0.717) is 5.92 Å². The lowest BCUT2D eigenvalue weighted by molar-refractivity contribution is 0.698. The molecule has 0 aliphatic rings. The third kappa shape index (κ3) is 3.08. The van der Waals surface area contributed by atoms with Crippen LogP contribution in [0.3, 0.4) is 0 Å². The standard InChI is InChI=1S/C17H22N2/c1-3-4-16(13-5-8-15(18)9-6-13)14-7-10-17(19)12(2)11-14/h5-11,16H,3-4,18-19H2,1-2H3. The van der Waals surface area contributed by atoms with Crippen molar-refractivity contribution in [2.75, 3.05) is 11.5 Å². The lowest BCUT2D eigenvalue weighted by Crippen LogP contribution is -2.02. The predicted molar refractivity (Wildman–Crippen MR) is 83.2 cm³/mol. The summed E-state index contributed by atoms with van der Waals surface area (Å²) in [7, 11) is 0. The van der Waals surface area contributed by atoms with E-state index in [1.807, 2.05) is 18.2 Å². The van der Waals surface area contributed by atoms with Gasteiger partial charge in [0.2, 0.25) is 0 Å². The van der Waals surface area contributed by atoms with E-state index in [-0.39, 0.29) is 0 Å². The minimum atomic E-state index is 0.421. The van der Waals surface area contributed by atoms with Gasteiger partial charge in [-0.25, -0.2) is 0 Å². The fourth-order valence-corrected chi connectivity index (χ4v) is 2.46. The lowest BCUT2D eigenvalue weighted by atomic mass is 9.86. The second kappa shape index (κ2) is 5.79. The van der Waals surface area contributed by atoms with Crippen molar-refractivity contribution in [3.05, 3.63) is 59.2 Å². The van der Waals surface area contributed by atoms with E-state index in [1.165, 1.54) is 11.1 Å². The first-order valence-electron chi connectivity index (χ1n) is 6.83. The minimum Gasteiger partial charge on any atom is -0.399 e. The van der Waals surface area contributed by atoms with Crippen LogP contribution < -0.4 is 11.5 Å². The van der Waals surface area contributed by atoms with Crippen LogP contribution in [0.1, 0.15) is 42.4 Å². The first kappa shape index (κ1) is 13.5. The number of nitrogen functional groups attached to an aromatic ring is 2. The highest BCUT2D eigenvalue weighted by Crippen LogP contribution is 2.31. The summed E-state index contributed by atoms with van der Waals surface area (Å²) in [6.45, 7) is 4.28. The second-order valence-electron chi connectivity index (χ2n) is 5.12. The summed E-state index contributed by atoms with van der Waals surface area (Å²) in [5.41, 5.74) is 17.1. The molecule has 100 valence electrons. The van der Waals surface area contributed by atoms with Gasteiger partial charge in [-0.15, -0.1) is 0 Å². The molecule has 0 aromatic heterocycles. The van der Waals surface area contributed by atoms with E-state index in [0.717, 1.165) is 29.8 Å². The van der Waals surface area contributed by atoms with Gasteiger partial charge >= 0.3 is 0 Å². The molecule has 0 spiro atoms. The van der Waals surface area contributed by atoms with Gasteiger partial charge in [-0.05, 0) is 48.2 Å². The molecule has 0 bridgehead atoms. The Morgan fingerprint density at radius 1 is 0.947 bits per heavy atom. The molecule has 0 aliphatic carbocycles. The molecule has 0 amide bonds. The molecular weight excluding hydrogens is 232 g/mol. The number of anilines is 2. The molecule has 0 aliphatic heterocycles. The number of rotatable bonds is 4. The average molecular weight is 254 g/mol. The Morgan fingerprint density at radius 2 is 1.58 bits per heavy atom. The van der Waals surface area contributed by atoms with E-state index >= 15 is 0 Å². The SMILES string of the molecule is CCCC(c1ccc(N)cc1)c1ccc(N)c(C)c1. The van der Waals surface area contributed by atoms with Crippen LogP contribution in [0.2, 0.25) is 0 Å². The molecule has 2 rings (SSSR count). The molecule has 1 unspecified atom stereocenters. The van der Waals surface area contributed by atoms with Crippen LogP contribution in [0.25, 0.3) is 0 Å². The van der Waals surface area contributed by atoms with Crippen LogP contribution in [-0.4, -0.2) is 0 Å². The zero-order valence-corrected chi connectivity index (χ0v) is 11.7. The molecule has 2 aromatic rings. The molecular formula is C17H22N2. The van der Waals surface area contributed by atoms with Crippen molar-refractivity contribution in [3.63, 3.8) is 0 Å². The maximum Gasteiger partial charge on any atom is 0.0343 e. The van der Waals surface area contributed by atoms with Gasteiger partial charge in [0, 0.05) is 17.3 Å². The fourth-order valence-electron chi connectivity index (χ4n) is 2.46. The van der Waals surface area contributed by atoms with E-state index in [2.05, 4.69) is 38.1 Å². The molecule has 2 heteroatoms. The number of hydrogen-bond donors (Lipinski definition) is 2. The van der Waals surface area contributed by atoms with Crippen LogP contribution in [0.4, 0.5) is 11.4 Å². The quantitative estimate of drug-likeness (QED) is 0.807. The summed E-state index contributed by atoms with van der Waals surface area (Å²) in [6.07, 6.45) is 2.28. The Labute approximate surface area is 115 Å². The van der Waals surface area contributed by atoms with Gasteiger partial charge in [-0.1, -0.05) is 37.6 Å². The molecule has 0 heterocycles. The minimum absolute atomic E-state index is 0.421. The van der Waals surface area contributed by atoms with Crippen molar-refractivity contribution >= 4 is 11.4 Å². The van der Waals surface area contributed by atoms with Gasteiger partial charge in [-0.3, -0.25) is 0 Å². The zero-order chi connectivity index (χ0) is 13.8. The molecule has 2 nitrogen and oxygen atoms in total. The van der Waals surface area contributed by atoms with Crippen LogP contribution >= 0.6 is 0 Å². The molecule has 19 heavy (non-hydrogen) atoms. The molecule has 0 fully saturated rings. The predicted octanol–water partition coefficient (Wildman–Crippen LogP) is 4.09. The third-order valence-corrected chi connectivity index (χ3v) is 3.61. The first-order valence-corrected chi connectivity index (χ1v) is 6.83. The highest BCUT2D eigenvalue weighted by atomic mass is 14.6. The Kier molecular flexibility index (Phi) is 4.10. The summed E-state index contributed by atoms with van der Waals surface area (Å²) in [4.78, 5) is 0. The first-order chi connectivity index (χ1) is 9.11. The van der Waals surface area contributed by atoms with Crippen LogP contribution in [0.5, 0.6) is 0 Å². The van der Waals surface area contributed by atoms with Crippen molar-refractivity contribution in [2.45, 2.75) is 32.6 Å². The van der Waals surface area contributed by atoms with E-state index < -0.39 is 0 Å². The van der Waals surface area contributed by atoms with Crippen molar-refractivity contribution < 1.29 is 0 Å². The largest absolute Gasteiger partial charge is 0.399 e. The van der Waals surface area contributed by atoms with Gasteiger partial charge in [0.15, 0.2) is 0 Å². The molecule has 0 saturated carbocycles. The van der Waals surface area contributed by atoms with Gasteiger partial charge < -0.3 is 11.5 Å². The van der Waals surface area contributed by atoms with Gasteiger partial charge in [-0.2, -0.15) is 0 Å². The van der Waals surface area contributed by atoms with Gasteiger partial charge in [0.25, 0.3) is 0 Å². The van der Waals surface area contributed by atoms with Gasteiger partial charge in [0.05, 0.1) is 0 Å². The maximum absolute atomic E-state index is 5.90. The van der Waals surface area contributed by atoms with E-state index in [4.69, 9.17) is 11.5 Å². The molecule has 0 radical (unpaired) electrons. The van der Waals surface area contributed by atoms with Crippen molar-refractivity contribution in [3.8, 4) is 0 Å². The lowest BCUT2D eigenvalue weighted by Gasteiger charge is -2.18. The highest BCUT2D eigenvalue weighted by molar-refractivity contribution is 5.50. The second-order valence-corrected chi connectivity index (χ2v) is 5.12. The van der Waals surface area contributed by atoms with E-state index in [9.17, 15) is 0 Å². The third-order valence-electron chi connectivity index (χ3n) is 3.61. The zero-order valence-electron chi connectivity index (χ0n) is 11.7. The summed E-state index contributed by atoms with van der Waals surface area (Å²) in [6, 6.07) is 14.5. The molecule has 4 N–H and O–H groups in total. The normalized spacial score (nSPS) is 12.3. The van der Waals surface area contributed by atoms with Gasteiger partial charge in [0.1, 0.15) is 0 Å². The van der Waals surface area contributed by atoms with Crippen LogP contribution in [0.15, 0.2) is 42.5 Å². The van der Waals surface area contributed by atoms with Crippen molar-refractivity contribution in [1.82, 2.24) is 0 Å². The number of nitrogens with two attached hydrogens (primary N) is 2.